The zero-order valence-corrected chi connectivity index (χ0v) is 27.9. The van der Waals surface area contributed by atoms with E-state index in [2.05, 4.69) is 70.4 Å². The van der Waals surface area contributed by atoms with E-state index >= 15 is 0 Å². The number of nitrogens with zero attached hydrogens (tertiary/aromatic N) is 4. The molecule has 8 nitrogen and oxygen atoms in total. The third-order valence-electron chi connectivity index (χ3n) is 8.54. The summed E-state index contributed by atoms with van der Waals surface area (Å²) < 4.78 is 14.8. The Morgan fingerprint density at radius 3 is 2.48 bits per heavy atom. The van der Waals surface area contributed by atoms with Gasteiger partial charge < -0.3 is 28.9 Å². The first kappa shape index (κ1) is 32.0. The lowest BCUT2D eigenvalue weighted by Gasteiger charge is -2.35. The summed E-state index contributed by atoms with van der Waals surface area (Å²) in [6, 6.07) is 18.4. The summed E-state index contributed by atoms with van der Waals surface area (Å²) in [5.74, 6) is 0. The zero-order chi connectivity index (χ0) is 31.4. The molecule has 0 radical (unpaired) electrons. The maximum atomic E-state index is 12.8. The molecule has 1 fully saturated rings. The number of aromatic nitrogens is 2. The van der Waals surface area contributed by atoms with Gasteiger partial charge in [0, 0.05) is 67.4 Å². The second kappa shape index (κ2) is 13.7. The lowest BCUT2D eigenvalue weighted by molar-refractivity contribution is 0.0941. The van der Waals surface area contributed by atoms with Gasteiger partial charge in [0.05, 0.1) is 29.4 Å². The first-order valence-electron chi connectivity index (χ1n) is 15.3. The largest absolute Gasteiger partial charge is 0.445 e. The van der Waals surface area contributed by atoms with Crippen molar-refractivity contribution in [3.8, 4) is 11.3 Å². The Bertz CT molecular complexity index is 1600. The molecule has 3 heterocycles. The first-order chi connectivity index (χ1) is 21.2. The van der Waals surface area contributed by atoms with Crippen LogP contribution in [0.3, 0.4) is 0 Å². The van der Waals surface area contributed by atoms with E-state index in [4.69, 9.17) is 14.5 Å². The molecule has 1 unspecified atom stereocenters. The average Bonchev–Trinajstić information content (AvgIpc) is 3.34. The van der Waals surface area contributed by atoms with E-state index in [1.807, 2.05) is 43.5 Å². The number of aliphatic hydroxyl groups excluding tert-OH is 1. The Labute approximate surface area is 268 Å². The van der Waals surface area contributed by atoms with Gasteiger partial charge in [-0.05, 0) is 61.1 Å². The summed E-state index contributed by atoms with van der Waals surface area (Å²) >= 11 is 3.69. The van der Waals surface area contributed by atoms with E-state index in [0.29, 0.717) is 32.6 Å². The summed E-state index contributed by atoms with van der Waals surface area (Å²) in [6.07, 6.45) is 2.12. The average molecular weight is 664 g/mol. The molecule has 0 spiro atoms. The number of fused-ring (bicyclic) bond motifs is 1. The van der Waals surface area contributed by atoms with Crippen LogP contribution in [0.1, 0.15) is 50.6 Å². The number of pyridine rings is 1. The van der Waals surface area contributed by atoms with Crippen molar-refractivity contribution >= 4 is 38.6 Å². The second-order valence-electron chi connectivity index (χ2n) is 12.3. The van der Waals surface area contributed by atoms with Crippen LogP contribution in [0.5, 0.6) is 0 Å². The number of ether oxygens (including phenoxy) is 2. The molecule has 2 aromatic carbocycles. The molecule has 44 heavy (non-hydrogen) atoms. The fourth-order valence-electron chi connectivity index (χ4n) is 5.97. The highest BCUT2D eigenvalue weighted by atomic mass is 79.9. The topological polar surface area (TPSA) is 80.1 Å². The van der Waals surface area contributed by atoms with Crippen molar-refractivity contribution in [2.24, 2.45) is 5.41 Å². The van der Waals surface area contributed by atoms with Gasteiger partial charge >= 0.3 is 6.09 Å². The molecule has 234 valence electrons. The van der Waals surface area contributed by atoms with Crippen LogP contribution in [0.2, 0.25) is 0 Å². The Hall–Kier alpha value is -3.40. The molecule has 1 atom stereocenters. The Morgan fingerprint density at radius 2 is 1.82 bits per heavy atom. The van der Waals surface area contributed by atoms with Crippen LogP contribution in [0.15, 0.2) is 65.3 Å². The lowest BCUT2D eigenvalue weighted by Crippen LogP contribution is -2.49. The summed E-state index contributed by atoms with van der Waals surface area (Å²) in [7, 11) is 1.71. The van der Waals surface area contributed by atoms with Crippen LogP contribution in [0.25, 0.3) is 22.2 Å². The molecule has 2 aromatic heterocycles. The van der Waals surface area contributed by atoms with Crippen LogP contribution >= 0.6 is 15.9 Å². The number of anilines is 1. The van der Waals surface area contributed by atoms with Gasteiger partial charge in [-0.1, -0.05) is 60.1 Å². The van der Waals surface area contributed by atoms with Gasteiger partial charge in [0.15, 0.2) is 0 Å². The van der Waals surface area contributed by atoms with E-state index in [9.17, 15) is 9.90 Å². The van der Waals surface area contributed by atoms with Gasteiger partial charge in [-0.2, -0.15) is 0 Å². The predicted molar refractivity (Wildman–Crippen MR) is 179 cm³/mol. The molecule has 4 aromatic rings. The minimum atomic E-state index is -0.312. The SMILES string of the molecule is CCn1c(-c2cc(N3CCN(C(=O)OCc4ccccc4)CC3)cnc2C(C)OC)c(CC(C)(C)CO)c2cc(Br)ccc21. The van der Waals surface area contributed by atoms with Gasteiger partial charge in [0.2, 0.25) is 0 Å². The summed E-state index contributed by atoms with van der Waals surface area (Å²) in [6.45, 7) is 12.0. The number of methoxy groups -OCH3 is 1. The number of halogens is 1. The highest BCUT2D eigenvalue weighted by Crippen LogP contribution is 2.42. The van der Waals surface area contributed by atoms with Gasteiger partial charge in [0.25, 0.3) is 0 Å². The number of benzene rings is 2. The Balaban J connectivity index is 1.49. The van der Waals surface area contributed by atoms with Crippen molar-refractivity contribution in [2.45, 2.75) is 53.4 Å². The number of rotatable bonds is 10. The van der Waals surface area contributed by atoms with E-state index in [1.54, 1.807) is 12.0 Å². The number of amides is 1. The number of piperazine rings is 1. The third kappa shape index (κ3) is 6.80. The third-order valence-corrected chi connectivity index (χ3v) is 9.03. The highest BCUT2D eigenvalue weighted by Gasteiger charge is 2.29. The van der Waals surface area contributed by atoms with Crippen molar-refractivity contribution < 1.29 is 19.4 Å². The van der Waals surface area contributed by atoms with Crippen molar-refractivity contribution in [2.75, 3.05) is 44.8 Å². The fourth-order valence-corrected chi connectivity index (χ4v) is 6.33. The molecule has 1 N–H and O–H groups in total. The smallest absolute Gasteiger partial charge is 0.410 e. The minimum Gasteiger partial charge on any atom is -0.445 e. The molecule has 5 rings (SSSR count). The molecule has 1 saturated heterocycles. The standard InChI is InChI=1S/C35H43BrN4O4/c1-6-40-31-13-12-26(36)18-28(31)30(20-35(3,4)23-41)33(40)29-19-27(21-37-32(29)24(2)43-5)38-14-16-39(17-15-38)34(42)44-22-25-10-8-7-9-11-25/h7-13,18-19,21,24,41H,6,14-17,20,22-23H2,1-5H3. The normalized spacial score (nSPS) is 14.7. The van der Waals surface area contributed by atoms with Crippen LogP contribution in [-0.2, 0) is 29.0 Å². The van der Waals surface area contributed by atoms with Gasteiger partial charge in [-0.15, -0.1) is 0 Å². The number of carbonyl (C=O) groups excluding carboxylic acids is 1. The van der Waals surface area contributed by atoms with Crippen LogP contribution in [0.4, 0.5) is 10.5 Å². The fraction of sp³-hybridized carbons (Fsp3) is 0.429. The molecule has 0 aliphatic carbocycles. The number of carbonyl (C=O) groups is 1. The molecule has 1 aliphatic heterocycles. The second-order valence-corrected chi connectivity index (χ2v) is 13.2. The Morgan fingerprint density at radius 1 is 1.09 bits per heavy atom. The van der Waals surface area contributed by atoms with Crippen LogP contribution in [-0.4, -0.2) is 65.5 Å². The van der Waals surface area contributed by atoms with Gasteiger partial charge in [0.1, 0.15) is 6.61 Å². The van der Waals surface area contributed by atoms with E-state index < -0.39 is 0 Å². The minimum absolute atomic E-state index is 0.0803. The van der Waals surface area contributed by atoms with Gasteiger partial charge in [-0.3, -0.25) is 4.98 Å². The molecular weight excluding hydrogens is 620 g/mol. The first-order valence-corrected chi connectivity index (χ1v) is 16.1. The molecule has 0 bridgehead atoms. The molecule has 0 saturated carbocycles. The zero-order valence-electron chi connectivity index (χ0n) is 26.3. The summed E-state index contributed by atoms with van der Waals surface area (Å²) in [4.78, 5) is 21.9. The van der Waals surface area contributed by atoms with Crippen LogP contribution < -0.4 is 4.90 Å². The van der Waals surface area contributed by atoms with Crippen molar-refractivity contribution in [3.05, 3.63) is 82.1 Å². The number of aryl methyl sites for hydroxylation is 1. The lowest BCUT2D eigenvalue weighted by atomic mass is 9.84. The van der Waals surface area contributed by atoms with Crippen molar-refractivity contribution in [1.29, 1.82) is 0 Å². The van der Waals surface area contributed by atoms with Gasteiger partial charge in [-0.25, -0.2) is 4.79 Å². The monoisotopic (exact) mass is 662 g/mol. The maximum absolute atomic E-state index is 12.8. The van der Waals surface area contributed by atoms with Crippen molar-refractivity contribution in [1.82, 2.24) is 14.5 Å². The van der Waals surface area contributed by atoms with E-state index in [0.717, 1.165) is 44.7 Å². The summed E-state index contributed by atoms with van der Waals surface area (Å²) in [5, 5.41) is 11.4. The molecule has 9 heteroatoms. The van der Waals surface area contributed by atoms with E-state index in [1.165, 1.54) is 10.9 Å². The number of aliphatic hydroxyl groups is 1. The molecule has 1 aliphatic rings. The van der Waals surface area contributed by atoms with E-state index in [-0.39, 0.29) is 30.8 Å². The quantitative estimate of drug-likeness (QED) is 0.193. The Kier molecular flexibility index (Phi) is 9.97. The molecule has 1 amide bonds. The number of hydrogen-bond donors (Lipinski definition) is 1. The number of hydrogen-bond acceptors (Lipinski definition) is 6. The highest BCUT2D eigenvalue weighted by molar-refractivity contribution is 9.10. The molecular formula is C35H43BrN4O4. The predicted octanol–water partition coefficient (Wildman–Crippen LogP) is 7.21. The maximum Gasteiger partial charge on any atom is 0.410 e. The van der Waals surface area contributed by atoms with Crippen molar-refractivity contribution in [3.63, 3.8) is 0 Å². The summed E-state index contributed by atoms with van der Waals surface area (Å²) in [5.41, 5.74) is 7.02. The van der Waals surface area contributed by atoms with Crippen LogP contribution in [0, 0.1) is 5.41 Å².